The molecule has 2 aromatic carbocycles. The number of amides is 3. The molecule has 0 aliphatic carbocycles. The number of hydrogen-bond donors (Lipinski definition) is 1. The number of halogens is 1. The third-order valence-corrected chi connectivity index (χ3v) is 7.54. The van der Waals surface area contributed by atoms with E-state index in [-0.39, 0.29) is 24.1 Å². The van der Waals surface area contributed by atoms with Crippen LogP contribution in [0.4, 0.5) is 9.18 Å². The van der Waals surface area contributed by atoms with E-state index in [1.807, 2.05) is 31.2 Å². The normalized spacial score (nSPS) is 18.6. The van der Waals surface area contributed by atoms with Gasteiger partial charge < -0.3 is 15.0 Å². The Balaban J connectivity index is 1.63. The number of esters is 1. The van der Waals surface area contributed by atoms with Crippen molar-refractivity contribution in [3.8, 4) is 0 Å². The third kappa shape index (κ3) is 6.36. The second kappa shape index (κ2) is 13.1. The zero-order valence-corrected chi connectivity index (χ0v) is 23.8. The average Bonchev–Trinajstić information content (AvgIpc) is 3.18. The summed E-state index contributed by atoms with van der Waals surface area (Å²) in [6.07, 6.45) is 0.681. The first-order valence-electron chi connectivity index (χ1n) is 14.1. The predicted molar refractivity (Wildman–Crippen MR) is 151 cm³/mol. The van der Waals surface area contributed by atoms with E-state index in [2.05, 4.69) is 24.1 Å². The summed E-state index contributed by atoms with van der Waals surface area (Å²) in [4.78, 5) is 45.1. The van der Waals surface area contributed by atoms with Crippen LogP contribution < -0.4 is 5.32 Å². The maximum atomic E-state index is 14.3. The molecule has 0 bridgehead atoms. The van der Waals surface area contributed by atoms with Crippen LogP contribution in [0.1, 0.15) is 67.6 Å². The molecule has 214 valence electrons. The Bertz CT molecular complexity index is 1260. The second-order valence-corrected chi connectivity index (χ2v) is 10.4. The minimum absolute atomic E-state index is 0.0655. The van der Waals surface area contributed by atoms with E-state index in [0.29, 0.717) is 62.9 Å². The van der Waals surface area contributed by atoms with Crippen LogP contribution in [0, 0.1) is 5.82 Å². The van der Waals surface area contributed by atoms with Crippen molar-refractivity contribution in [1.29, 1.82) is 0 Å². The predicted octanol–water partition coefficient (Wildman–Crippen LogP) is 4.70. The standard InChI is InChI=1S/C31H39FN4O4/c1-5-36-26(20-34-16-9-17-35(19-18-34)29(37)24-10-7-8-11-25(24)32)27(30(38)40-6-2)28(33-31(36)39)23-14-12-22(13-15-23)21(3)4/h7-8,10-15,21,28H,5-6,9,16-20H2,1-4H3,(H,33,39). The van der Waals surface area contributed by atoms with Gasteiger partial charge in [-0.25, -0.2) is 14.0 Å². The summed E-state index contributed by atoms with van der Waals surface area (Å²) in [6.45, 7) is 10.9. The Morgan fingerprint density at radius 2 is 1.75 bits per heavy atom. The van der Waals surface area contributed by atoms with Crippen LogP contribution in [0.2, 0.25) is 0 Å². The first kappa shape index (κ1) is 29.3. The minimum atomic E-state index is -0.642. The molecule has 1 N–H and O–H groups in total. The Hall–Kier alpha value is -3.72. The van der Waals surface area contributed by atoms with Crippen LogP contribution in [-0.2, 0) is 9.53 Å². The molecule has 9 heteroatoms. The van der Waals surface area contributed by atoms with E-state index in [1.54, 1.807) is 28.9 Å². The maximum Gasteiger partial charge on any atom is 0.338 e. The molecule has 1 atom stereocenters. The van der Waals surface area contributed by atoms with Gasteiger partial charge in [0.05, 0.1) is 23.8 Å². The third-order valence-electron chi connectivity index (χ3n) is 7.54. The number of nitrogens with zero attached hydrogens (tertiary/aromatic N) is 3. The van der Waals surface area contributed by atoms with E-state index < -0.39 is 17.8 Å². The summed E-state index contributed by atoms with van der Waals surface area (Å²) in [5.74, 6) is -0.963. The Kier molecular flexibility index (Phi) is 9.58. The average molecular weight is 551 g/mol. The molecule has 2 heterocycles. The number of likely N-dealkylation sites (N-methyl/N-ethyl adjacent to an activating group) is 1. The molecule has 3 amide bonds. The number of hydrogen-bond acceptors (Lipinski definition) is 5. The van der Waals surface area contributed by atoms with Crippen molar-refractivity contribution in [2.45, 2.75) is 46.1 Å². The fraction of sp³-hybridized carbons (Fsp3) is 0.452. The van der Waals surface area contributed by atoms with Gasteiger partial charge in [-0.15, -0.1) is 0 Å². The smallest absolute Gasteiger partial charge is 0.338 e. The van der Waals surface area contributed by atoms with Crippen LogP contribution in [0.15, 0.2) is 59.8 Å². The van der Waals surface area contributed by atoms with Crippen LogP contribution in [0.3, 0.4) is 0 Å². The van der Waals surface area contributed by atoms with Gasteiger partial charge in [-0.05, 0) is 49.4 Å². The topological polar surface area (TPSA) is 82.2 Å². The van der Waals surface area contributed by atoms with E-state index in [1.165, 1.54) is 17.7 Å². The molecule has 1 fully saturated rings. The highest BCUT2D eigenvalue weighted by atomic mass is 19.1. The lowest BCUT2D eigenvalue weighted by atomic mass is 9.92. The molecule has 4 rings (SSSR count). The minimum Gasteiger partial charge on any atom is -0.463 e. The first-order chi connectivity index (χ1) is 19.2. The highest BCUT2D eigenvalue weighted by Crippen LogP contribution is 2.33. The van der Waals surface area contributed by atoms with Crippen LogP contribution >= 0.6 is 0 Å². The Labute approximate surface area is 235 Å². The van der Waals surface area contributed by atoms with Gasteiger partial charge >= 0.3 is 12.0 Å². The fourth-order valence-electron chi connectivity index (χ4n) is 5.33. The van der Waals surface area contributed by atoms with Crippen molar-refractivity contribution < 1.29 is 23.5 Å². The number of rotatable bonds is 8. The highest BCUT2D eigenvalue weighted by molar-refractivity contribution is 5.95. The van der Waals surface area contributed by atoms with Crippen molar-refractivity contribution in [2.75, 3.05) is 45.9 Å². The lowest BCUT2D eigenvalue weighted by molar-refractivity contribution is -0.139. The number of ether oxygens (including phenoxy) is 1. The molecule has 0 radical (unpaired) electrons. The SMILES string of the molecule is CCOC(=O)C1=C(CN2CCCN(C(=O)c3ccccc3F)CC2)N(CC)C(=O)NC1c1ccc(C(C)C)cc1. The first-order valence-corrected chi connectivity index (χ1v) is 14.1. The number of carbonyl (C=O) groups excluding carboxylic acids is 3. The van der Waals surface area contributed by atoms with Crippen molar-refractivity contribution in [3.05, 3.63) is 82.3 Å². The summed E-state index contributed by atoms with van der Waals surface area (Å²) < 4.78 is 19.8. The van der Waals surface area contributed by atoms with Gasteiger partial charge in [-0.3, -0.25) is 14.6 Å². The van der Waals surface area contributed by atoms with Crippen molar-refractivity contribution in [2.24, 2.45) is 0 Å². The van der Waals surface area contributed by atoms with E-state index in [0.717, 1.165) is 5.56 Å². The summed E-state index contributed by atoms with van der Waals surface area (Å²) >= 11 is 0. The Morgan fingerprint density at radius 1 is 1.02 bits per heavy atom. The molecule has 40 heavy (non-hydrogen) atoms. The van der Waals surface area contributed by atoms with E-state index in [4.69, 9.17) is 4.74 Å². The number of benzene rings is 2. The maximum absolute atomic E-state index is 14.3. The van der Waals surface area contributed by atoms with Gasteiger partial charge in [0, 0.05) is 45.0 Å². The summed E-state index contributed by atoms with van der Waals surface area (Å²) in [7, 11) is 0. The molecule has 2 aliphatic heterocycles. The zero-order chi connectivity index (χ0) is 28.8. The van der Waals surface area contributed by atoms with Crippen molar-refractivity contribution in [1.82, 2.24) is 20.0 Å². The second-order valence-electron chi connectivity index (χ2n) is 10.4. The largest absolute Gasteiger partial charge is 0.463 e. The molecule has 2 aliphatic rings. The molecular formula is C31H39FN4O4. The van der Waals surface area contributed by atoms with E-state index in [9.17, 15) is 18.8 Å². The number of carbonyl (C=O) groups is 3. The van der Waals surface area contributed by atoms with Gasteiger partial charge in [-0.2, -0.15) is 0 Å². The molecule has 8 nitrogen and oxygen atoms in total. The van der Waals surface area contributed by atoms with Gasteiger partial charge in [0.1, 0.15) is 5.82 Å². The monoisotopic (exact) mass is 550 g/mol. The fourth-order valence-corrected chi connectivity index (χ4v) is 5.33. The van der Waals surface area contributed by atoms with E-state index >= 15 is 0 Å². The molecule has 1 unspecified atom stereocenters. The zero-order valence-electron chi connectivity index (χ0n) is 23.8. The quantitative estimate of drug-likeness (QED) is 0.482. The van der Waals surface area contributed by atoms with Gasteiger partial charge in [0.2, 0.25) is 0 Å². The van der Waals surface area contributed by atoms with Gasteiger partial charge in [0.15, 0.2) is 0 Å². The molecule has 0 saturated carbocycles. The lowest BCUT2D eigenvalue weighted by Gasteiger charge is -2.38. The van der Waals surface area contributed by atoms with Gasteiger partial charge in [-0.1, -0.05) is 50.2 Å². The molecular weight excluding hydrogens is 511 g/mol. The summed E-state index contributed by atoms with van der Waals surface area (Å²) in [5, 5.41) is 3.02. The summed E-state index contributed by atoms with van der Waals surface area (Å²) in [5.41, 5.74) is 3.07. The van der Waals surface area contributed by atoms with Crippen LogP contribution in [0.25, 0.3) is 0 Å². The van der Waals surface area contributed by atoms with Crippen molar-refractivity contribution >= 4 is 17.9 Å². The molecule has 1 saturated heterocycles. The van der Waals surface area contributed by atoms with Crippen LogP contribution in [-0.4, -0.2) is 78.5 Å². The number of urea groups is 1. The van der Waals surface area contributed by atoms with Crippen molar-refractivity contribution in [3.63, 3.8) is 0 Å². The summed E-state index contributed by atoms with van der Waals surface area (Å²) in [6, 6.07) is 13.1. The molecule has 0 aromatic heterocycles. The molecule has 0 spiro atoms. The van der Waals surface area contributed by atoms with Crippen LogP contribution in [0.5, 0.6) is 0 Å². The Morgan fingerprint density at radius 3 is 2.40 bits per heavy atom. The number of nitrogens with one attached hydrogen (secondary N) is 1. The van der Waals surface area contributed by atoms with Gasteiger partial charge in [0.25, 0.3) is 5.91 Å². The highest BCUT2D eigenvalue weighted by Gasteiger charge is 2.38. The molecule has 2 aromatic rings. The lowest BCUT2D eigenvalue weighted by Crippen LogP contribution is -2.51.